The fourth-order valence-corrected chi connectivity index (χ4v) is 8.40. The van der Waals surface area contributed by atoms with Crippen LogP contribution in [0.25, 0.3) is 22.2 Å². The number of H-pyrrole nitrogens is 1. The molecule has 8 nitrogen and oxygen atoms in total. The number of likely N-dealkylation sites (tertiary alicyclic amines) is 1. The van der Waals surface area contributed by atoms with Crippen molar-refractivity contribution in [2.45, 2.75) is 58.3 Å². The van der Waals surface area contributed by atoms with Gasteiger partial charge in [-0.2, -0.15) is 0 Å². The molecule has 2 fully saturated rings. The van der Waals surface area contributed by atoms with Gasteiger partial charge in [-0.25, -0.2) is 4.79 Å². The first-order valence-electron chi connectivity index (χ1n) is 17.1. The number of fused-ring (bicyclic) bond motifs is 2. The maximum Gasteiger partial charge on any atom is 0.345 e. The summed E-state index contributed by atoms with van der Waals surface area (Å²) in [4.78, 5) is 32.3. The Morgan fingerprint density at radius 2 is 1.62 bits per heavy atom. The second-order valence-electron chi connectivity index (χ2n) is 13.7. The number of aromatic hydroxyl groups is 1. The highest BCUT2D eigenvalue weighted by Gasteiger charge is 2.42. The zero-order valence-corrected chi connectivity index (χ0v) is 27.7. The maximum absolute atomic E-state index is 12.6. The van der Waals surface area contributed by atoms with Crippen molar-refractivity contribution in [2.24, 2.45) is 18.9 Å². The van der Waals surface area contributed by atoms with E-state index in [4.69, 9.17) is 0 Å². The molecule has 8 heteroatoms. The van der Waals surface area contributed by atoms with E-state index < -0.39 is 22.8 Å². The topological polar surface area (TPSA) is 102 Å². The number of carboxylic acids is 1. The molecule has 1 saturated carbocycles. The van der Waals surface area contributed by atoms with Crippen LogP contribution in [-0.2, 0) is 33.1 Å². The number of hydrogen-bond acceptors (Lipinski definition) is 5. The molecular formula is C40H44N4O4. The van der Waals surface area contributed by atoms with Gasteiger partial charge in [-0.05, 0) is 66.0 Å². The molecule has 0 amide bonds. The van der Waals surface area contributed by atoms with Crippen LogP contribution in [0.4, 0.5) is 0 Å². The summed E-state index contributed by atoms with van der Waals surface area (Å²) >= 11 is 0. The van der Waals surface area contributed by atoms with Crippen LogP contribution in [0.1, 0.15) is 58.9 Å². The fraction of sp³-hybridized carbons (Fsp3) is 0.350. The van der Waals surface area contributed by atoms with Gasteiger partial charge in [0.25, 0.3) is 5.56 Å². The molecule has 3 heterocycles. The number of aromatic amines is 1. The van der Waals surface area contributed by atoms with Gasteiger partial charge in [0.05, 0.1) is 5.69 Å². The van der Waals surface area contributed by atoms with Crippen molar-refractivity contribution in [3.05, 3.63) is 123 Å². The smallest absolute Gasteiger partial charge is 0.345 e. The Bertz CT molecular complexity index is 1940. The second-order valence-corrected chi connectivity index (χ2v) is 13.7. The number of aromatic nitrogens is 2. The molecule has 5 aromatic rings. The Morgan fingerprint density at radius 3 is 2.27 bits per heavy atom. The molecular weight excluding hydrogens is 600 g/mol. The van der Waals surface area contributed by atoms with E-state index in [9.17, 15) is 19.8 Å². The quantitative estimate of drug-likeness (QED) is 0.155. The van der Waals surface area contributed by atoms with Crippen LogP contribution in [-0.4, -0.2) is 54.7 Å². The average molecular weight is 645 g/mol. The van der Waals surface area contributed by atoms with E-state index in [-0.39, 0.29) is 0 Å². The molecule has 1 aliphatic heterocycles. The van der Waals surface area contributed by atoms with E-state index in [0.717, 1.165) is 49.2 Å². The van der Waals surface area contributed by atoms with Gasteiger partial charge < -0.3 is 19.8 Å². The van der Waals surface area contributed by atoms with Crippen LogP contribution < -0.4 is 5.56 Å². The number of benzene rings is 3. The lowest BCUT2D eigenvalue weighted by molar-refractivity contribution is 0.0691. The van der Waals surface area contributed by atoms with Crippen LogP contribution in [0, 0.1) is 11.8 Å². The molecule has 0 spiro atoms. The normalized spacial score (nSPS) is 19.6. The molecule has 48 heavy (non-hydrogen) atoms. The number of aryl methyl sites for hydroxylation is 1. The van der Waals surface area contributed by atoms with Crippen LogP contribution in [0.2, 0.25) is 0 Å². The van der Waals surface area contributed by atoms with Crippen molar-refractivity contribution in [1.82, 2.24) is 19.4 Å². The number of aromatic carboxylic acids is 1. The Kier molecular flexibility index (Phi) is 8.94. The number of nitrogens with zero attached hydrogens (tertiary/aromatic N) is 3. The fourth-order valence-electron chi connectivity index (χ4n) is 8.40. The minimum absolute atomic E-state index is 0.378. The Morgan fingerprint density at radius 1 is 0.938 bits per heavy atom. The van der Waals surface area contributed by atoms with Gasteiger partial charge in [0.1, 0.15) is 5.75 Å². The molecule has 3 aromatic carbocycles. The molecule has 2 aromatic heterocycles. The first kappa shape index (κ1) is 31.9. The minimum atomic E-state index is -1.44. The molecule has 248 valence electrons. The number of hydrogen-bond donors (Lipinski definition) is 3. The van der Waals surface area contributed by atoms with Gasteiger partial charge in [-0.3, -0.25) is 14.6 Å². The zero-order chi connectivity index (χ0) is 33.4. The van der Waals surface area contributed by atoms with Crippen molar-refractivity contribution in [1.29, 1.82) is 0 Å². The Balaban J connectivity index is 1.13. The molecule has 2 aliphatic rings. The van der Waals surface area contributed by atoms with Crippen LogP contribution in [0.3, 0.4) is 0 Å². The third-order valence-corrected chi connectivity index (χ3v) is 10.7. The predicted octanol–water partition coefficient (Wildman–Crippen LogP) is 6.80. The van der Waals surface area contributed by atoms with Crippen LogP contribution in [0.5, 0.6) is 5.75 Å². The molecule has 0 bridgehead atoms. The molecule has 3 atom stereocenters. The van der Waals surface area contributed by atoms with Gasteiger partial charge in [-0.1, -0.05) is 80.1 Å². The highest BCUT2D eigenvalue weighted by atomic mass is 16.4. The van der Waals surface area contributed by atoms with Gasteiger partial charge >= 0.3 is 5.97 Å². The summed E-state index contributed by atoms with van der Waals surface area (Å²) in [5.74, 6) is -0.591. The second kappa shape index (κ2) is 13.5. The number of rotatable bonds is 10. The largest absolute Gasteiger partial charge is 0.506 e. The first-order valence-corrected chi connectivity index (χ1v) is 17.1. The van der Waals surface area contributed by atoms with E-state index in [1.165, 1.54) is 36.1 Å². The Labute approximate surface area is 281 Å². The summed E-state index contributed by atoms with van der Waals surface area (Å²) in [6.45, 7) is 6.80. The number of carbonyl (C=O) groups is 1. The molecule has 1 aliphatic carbocycles. The van der Waals surface area contributed by atoms with Gasteiger partial charge in [-0.15, -0.1) is 0 Å². The molecule has 0 radical (unpaired) electrons. The van der Waals surface area contributed by atoms with Crippen molar-refractivity contribution < 1.29 is 15.0 Å². The summed E-state index contributed by atoms with van der Waals surface area (Å²) < 4.78 is 2.25. The molecule has 1 saturated heterocycles. The van der Waals surface area contributed by atoms with Gasteiger partial charge in [0, 0.05) is 68.0 Å². The summed E-state index contributed by atoms with van der Waals surface area (Å²) in [6, 6.07) is 30.5. The van der Waals surface area contributed by atoms with Crippen molar-refractivity contribution in [3.63, 3.8) is 0 Å². The third-order valence-electron chi connectivity index (χ3n) is 10.7. The maximum atomic E-state index is 12.6. The monoisotopic (exact) mass is 644 g/mol. The number of pyridine rings is 1. The van der Waals surface area contributed by atoms with E-state index in [1.54, 1.807) is 0 Å². The summed E-state index contributed by atoms with van der Waals surface area (Å²) in [5.41, 5.74) is 5.26. The van der Waals surface area contributed by atoms with E-state index in [1.807, 2.05) is 25.1 Å². The minimum Gasteiger partial charge on any atom is -0.506 e. The lowest BCUT2D eigenvalue weighted by Crippen LogP contribution is -2.45. The van der Waals surface area contributed by atoms with Gasteiger partial charge in [0.15, 0.2) is 5.56 Å². The summed E-state index contributed by atoms with van der Waals surface area (Å²) in [7, 11) is 2.11. The SMILES string of the molecule is CCc1c(-c2ccc3c(c2)cc(CN2CC4CCC[C@@H](N(Cc5ccccc5)Cc5ccccc5)[C@H]4C2)n3C)[nH]c(=O)c(C(=O)O)c1O. The molecule has 3 N–H and O–H groups in total. The first-order chi connectivity index (χ1) is 23.3. The zero-order valence-electron chi connectivity index (χ0n) is 27.7. The average Bonchev–Trinajstić information content (AvgIpc) is 3.64. The van der Waals surface area contributed by atoms with E-state index in [0.29, 0.717) is 35.6 Å². The highest BCUT2D eigenvalue weighted by molar-refractivity contribution is 5.92. The van der Waals surface area contributed by atoms with E-state index in [2.05, 4.69) is 93.1 Å². The lowest BCUT2D eigenvalue weighted by Gasteiger charge is -2.41. The third kappa shape index (κ3) is 6.18. The van der Waals surface area contributed by atoms with Crippen LogP contribution in [0.15, 0.2) is 89.7 Å². The van der Waals surface area contributed by atoms with Crippen LogP contribution >= 0.6 is 0 Å². The van der Waals surface area contributed by atoms with Gasteiger partial charge in [0.2, 0.25) is 0 Å². The summed E-state index contributed by atoms with van der Waals surface area (Å²) in [5, 5.41) is 21.2. The molecule has 7 rings (SSSR count). The van der Waals surface area contributed by atoms with Crippen molar-refractivity contribution in [3.8, 4) is 17.0 Å². The summed E-state index contributed by atoms with van der Waals surface area (Å²) in [6.07, 6.45) is 4.16. The highest BCUT2D eigenvalue weighted by Crippen LogP contribution is 2.41. The van der Waals surface area contributed by atoms with Crippen molar-refractivity contribution >= 4 is 16.9 Å². The standard InChI is InChI=1S/C40H44N4O4/c1-3-32-37(41-39(46)36(38(32)45)40(47)48)28-17-18-34-30(19-28)20-31(42(34)2)24-43-23-29-15-10-16-35(33(29)25-43)44(21-26-11-6-4-7-12-26)22-27-13-8-5-9-14-27/h4-9,11-14,17-20,29,33,35H,3,10,15-16,21-25H2,1-2H3,(H,47,48)(H2,41,45,46)/t29?,33-,35+/m0/s1. The Hall–Kier alpha value is -4.66. The number of nitrogens with one attached hydrogen (secondary N) is 1. The molecule has 1 unspecified atom stereocenters. The number of carboxylic acid groups (broad SMARTS) is 1. The van der Waals surface area contributed by atoms with Crippen molar-refractivity contribution in [2.75, 3.05) is 13.1 Å². The van der Waals surface area contributed by atoms with E-state index >= 15 is 0 Å². The predicted molar refractivity (Wildman–Crippen MR) is 189 cm³/mol. The lowest BCUT2D eigenvalue weighted by atomic mass is 9.77.